The Kier molecular flexibility index (Phi) is 7.85. The molecule has 0 aromatic heterocycles. The van der Waals surface area contributed by atoms with Crippen LogP contribution in [0.25, 0.3) is 11.1 Å². The van der Waals surface area contributed by atoms with Crippen molar-refractivity contribution < 1.29 is 9.53 Å². The van der Waals surface area contributed by atoms with Gasteiger partial charge in [-0.25, -0.2) is 4.79 Å². The Labute approximate surface area is 185 Å². The molecule has 0 aliphatic carbocycles. The van der Waals surface area contributed by atoms with Crippen molar-refractivity contribution in [3.05, 3.63) is 102 Å². The summed E-state index contributed by atoms with van der Waals surface area (Å²) in [7, 11) is 0. The van der Waals surface area contributed by atoms with Gasteiger partial charge in [0.1, 0.15) is 5.75 Å². The lowest BCUT2D eigenvalue weighted by Crippen LogP contribution is -2.07. The van der Waals surface area contributed by atoms with Crippen molar-refractivity contribution in [2.45, 2.75) is 39.5 Å². The third-order valence-electron chi connectivity index (χ3n) is 5.01. The fourth-order valence-corrected chi connectivity index (χ4v) is 3.13. The van der Waals surface area contributed by atoms with E-state index in [0.717, 1.165) is 17.5 Å². The predicted molar refractivity (Wildman–Crippen MR) is 128 cm³/mol. The van der Waals surface area contributed by atoms with Crippen LogP contribution in [0.4, 0.5) is 0 Å². The summed E-state index contributed by atoms with van der Waals surface area (Å²) < 4.78 is 5.19. The Hall–Kier alpha value is -3.57. The lowest BCUT2D eigenvalue weighted by atomic mass is 10.0. The first kappa shape index (κ1) is 22.1. The molecule has 0 aliphatic heterocycles. The van der Waals surface area contributed by atoms with E-state index in [4.69, 9.17) is 4.74 Å². The summed E-state index contributed by atoms with van der Waals surface area (Å²) in [5.41, 5.74) is 6.00. The van der Waals surface area contributed by atoms with E-state index < -0.39 is 5.97 Å². The molecule has 3 aromatic carbocycles. The van der Waals surface area contributed by atoms with Crippen LogP contribution in [-0.4, -0.2) is 5.97 Å². The maximum atomic E-state index is 11.6. The average molecular weight is 409 g/mol. The molecule has 0 spiro atoms. The first-order chi connectivity index (χ1) is 15.0. The summed E-state index contributed by atoms with van der Waals surface area (Å²) in [6.45, 7) is 7.43. The Bertz CT molecular complexity index is 1080. The molecule has 0 amide bonds. The number of aryl methyl sites for hydroxylation is 1. The molecule has 3 rings (SSSR count). The van der Waals surface area contributed by atoms with Gasteiger partial charge >= 0.3 is 5.97 Å². The number of hydrogen-bond acceptors (Lipinski definition) is 2. The standard InChI is InChI=1S/C29H28O2/c1-4-5-6-7-23-10-16-26(17-11-23)27-18-12-24(13-19-27)8-9-25-14-20-28(21-15-25)31-29(30)22(2)3/h10-21H,2,4-7H2,1,3H3. The van der Waals surface area contributed by atoms with Gasteiger partial charge in [0.25, 0.3) is 0 Å². The minimum absolute atomic E-state index is 0.371. The molecule has 0 fully saturated rings. The van der Waals surface area contributed by atoms with Crippen LogP contribution in [0, 0.1) is 11.8 Å². The molecule has 0 heterocycles. The van der Waals surface area contributed by atoms with Gasteiger partial charge in [0.2, 0.25) is 0 Å². The third-order valence-corrected chi connectivity index (χ3v) is 5.01. The predicted octanol–water partition coefficient (Wildman–Crippen LogP) is 6.97. The van der Waals surface area contributed by atoms with Gasteiger partial charge < -0.3 is 4.74 Å². The second-order valence-corrected chi connectivity index (χ2v) is 7.68. The first-order valence-electron chi connectivity index (χ1n) is 10.7. The van der Waals surface area contributed by atoms with Crippen molar-refractivity contribution in [3.63, 3.8) is 0 Å². The molecule has 0 aliphatic rings. The normalized spacial score (nSPS) is 10.1. The van der Waals surface area contributed by atoms with E-state index in [0.29, 0.717) is 11.3 Å². The third kappa shape index (κ3) is 6.73. The molecular weight excluding hydrogens is 380 g/mol. The minimum atomic E-state index is -0.426. The van der Waals surface area contributed by atoms with Gasteiger partial charge in [-0.1, -0.05) is 74.6 Å². The van der Waals surface area contributed by atoms with Crippen molar-refractivity contribution in [2.75, 3.05) is 0 Å². The summed E-state index contributed by atoms with van der Waals surface area (Å²) in [5.74, 6) is 6.39. The van der Waals surface area contributed by atoms with Crippen LogP contribution < -0.4 is 4.74 Å². The highest BCUT2D eigenvalue weighted by Crippen LogP contribution is 2.21. The van der Waals surface area contributed by atoms with Gasteiger partial charge in [-0.05, 0) is 72.9 Å². The Balaban J connectivity index is 1.62. The largest absolute Gasteiger partial charge is 0.423 e. The van der Waals surface area contributed by atoms with E-state index in [1.54, 1.807) is 19.1 Å². The van der Waals surface area contributed by atoms with Crippen molar-refractivity contribution in [3.8, 4) is 28.7 Å². The fourth-order valence-electron chi connectivity index (χ4n) is 3.13. The highest BCUT2D eigenvalue weighted by atomic mass is 16.5. The number of rotatable bonds is 7. The van der Waals surface area contributed by atoms with Crippen molar-refractivity contribution >= 4 is 5.97 Å². The van der Waals surface area contributed by atoms with E-state index in [1.807, 2.05) is 24.3 Å². The van der Waals surface area contributed by atoms with Crippen LogP contribution in [0.1, 0.15) is 49.8 Å². The molecule has 156 valence electrons. The maximum Gasteiger partial charge on any atom is 0.338 e. The molecule has 0 N–H and O–H groups in total. The monoisotopic (exact) mass is 408 g/mol. The second-order valence-electron chi connectivity index (χ2n) is 7.68. The number of benzene rings is 3. The summed E-state index contributed by atoms with van der Waals surface area (Å²) in [6.07, 6.45) is 4.95. The van der Waals surface area contributed by atoms with Crippen LogP contribution >= 0.6 is 0 Å². The zero-order chi connectivity index (χ0) is 22.1. The fraction of sp³-hybridized carbons (Fsp3) is 0.207. The van der Waals surface area contributed by atoms with E-state index in [9.17, 15) is 4.79 Å². The number of esters is 1. The van der Waals surface area contributed by atoms with E-state index in [-0.39, 0.29) is 0 Å². The zero-order valence-electron chi connectivity index (χ0n) is 18.3. The molecule has 0 saturated heterocycles. The SMILES string of the molecule is C=C(C)C(=O)Oc1ccc(C#Cc2ccc(-c3ccc(CCCCC)cc3)cc2)cc1. The summed E-state index contributed by atoms with van der Waals surface area (Å²) in [4.78, 5) is 11.6. The average Bonchev–Trinajstić information content (AvgIpc) is 2.79. The highest BCUT2D eigenvalue weighted by molar-refractivity contribution is 5.88. The lowest BCUT2D eigenvalue weighted by molar-refractivity contribution is -0.130. The van der Waals surface area contributed by atoms with Crippen LogP contribution in [0.3, 0.4) is 0 Å². The van der Waals surface area contributed by atoms with Gasteiger partial charge in [0.05, 0.1) is 0 Å². The number of ether oxygens (including phenoxy) is 1. The van der Waals surface area contributed by atoms with Gasteiger partial charge in [0, 0.05) is 16.7 Å². The Morgan fingerprint density at radius 3 is 1.84 bits per heavy atom. The van der Waals surface area contributed by atoms with Crippen LogP contribution in [0.5, 0.6) is 5.75 Å². The quantitative estimate of drug-likeness (QED) is 0.139. The molecule has 0 unspecified atom stereocenters. The molecule has 0 radical (unpaired) electrons. The van der Waals surface area contributed by atoms with Gasteiger partial charge in [0.15, 0.2) is 0 Å². The van der Waals surface area contributed by atoms with Crippen molar-refractivity contribution in [2.24, 2.45) is 0 Å². The van der Waals surface area contributed by atoms with E-state index >= 15 is 0 Å². The lowest BCUT2D eigenvalue weighted by Gasteiger charge is -2.05. The van der Waals surface area contributed by atoms with E-state index in [2.05, 4.69) is 61.7 Å². The molecule has 0 saturated carbocycles. The second kappa shape index (κ2) is 11.0. The zero-order valence-corrected chi connectivity index (χ0v) is 18.3. The van der Waals surface area contributed by atoms with Crippen LogP contribution in [-0.2, 0) is 11.2 Å². The Morgan fingerprint density at radius 2 is 1.32 bits per heavy atom. The highest BCUT2D eigenvalue weighted by Gasteiger charge is 2.04. The van der Waals surface area contributed by atoms with E-state index in [1.165, 1.54) is 36.0 Å². The van der Waals surface area contributed by atoms with Gasteiger partial charge in [-0.2, -0.15) is 0 Å². The maximum absolute atomic E-state index is 11.6. The summed E-state index contributed by atoms with van der Waals surface area (Å²) in [6, 6.07) is 24.3. The topological polar surface area (TPSA) is 26.3 Å². The molecule has 3 aromatic rings. The summed E-state index contributed by atoms with van der Waals surface area (Å²) in [5, 5.41) is 0. The first-order valence-corrected chi connectivity index (χ1v) is 10.7. The Morgan fingerprint density at radius 1 is 0.806 bits per heavy atom. The molecule has 0 bridgehead atoms. The van der Waals surface area contributed by atoms with Gasteiger partial charge in [-0.3, -0.25) is 0 Å². The minimum Gasteiger partial charge on any atom is -0.423 e. The number of hydrogen-bond donors (Lipinski definition) is 0. The molecule has 2 nitrogen and oxygen atoms in total. The molecular formula is C29H28O2. The van der Waals surface area contributed by atoms with Crippen molar-refractivity contribution in [1.82, 2.24) is 0 Å². The smallest absolute Gasteiger partial charge is 0.338 e. The number of unbranched alkanes of at least 4 members (excludes halogenated alkanes) is 2. The van der Waals surface area contributed by atoms with Crippen molar-refractivity contribution in [1.29, 1.82) is 0 Å². The van der Waals surface area contributed by atoms with Crippen LogP contribution in [0.15, 0.2) is 84.9 Å². The number of carbonyl (C=O) groups excluding carboxylic acids is 1. The molecule has 31 heavy (non-hydrogen) atoms. The molecule has 2 heteroatoms. The number of carbonyl (C=O) groups is 1. The van der Waals surface area contributed by atoms with Crippen LogP contribution in [0.2, 0.25) is 0 Å². The summed E-state index contributed by atoms with van der Waals surface area (Å²) >= 11 is 0. The van der Waals surface area contributed by atoms with Gasteiger partial charge in [-0.15, -0.1) is 0 Å². The molecule has 0 atom stereocenters.